The topological polar surface area (TPSA) is 107 Å². The number of ether oxygens (including phenoxy) is 2. The Morgan fingerprint density at radius 1 is 1.05 bits per heavy atom. The van der Waals surface area contributed by atoms with E-state index in [1.165, 1.54) is 0 Å². The number of hydrogen-bond acceptors (Lipinski definition) is 8. The number of rotatable bonds is 6. The predicted molar refractivity (Wildman–Crippen MR) is 142 cm³/mol. The van der Waals surface area contributed by atoms with E-state index in [4.69, 9.17) is 24.5 Å². The van der Waals surface area contributed by atoms with Crippen LogP contribution in [0, 0.1) is 11.8 Å². The average Bonchev–Trinajstić information content (AvgIpc) is 3.85. The molecule has 0 bridgehead atoms. The lowest BCUT2D eigenvalue weighted by Crippen LogP contribution is -2.54. The van der Waals surface area contributed by atoms with Gasteiger partial charge in [0.05, 0.1) is 43.4 Å². The predicted octanol–water partition coefficient (Wildman–Crippen LogP) is 3.14. The van der Waals surface area contributed by atoms with E-state index < -0.39 is 7.12 Å². The quantitative estimate of drug-likeness (QED) is 0.396. The molecule has 2 N–H and O–H groups in total. The number of hydrogen-bond donors (Lipinski definition) is 1. The Morgan fingerprint density at radius 2 is 1.82 bits per heavy atom. The van der Waals surface area contributed by atoms with Gasteiger partial charge in [-0.1, -0.05) is 6.07 Å². The van der Waals surface area contributed by atoms with Gasteiger partial charge in [-0.05, 0) is 67.3 Å². The first-order valence-electron chi connectivity index (χ1n) is 13.3. The van der Waals surface area contributed by atoms with Gasteiger partial charge >= 0.3 is 7.12 Å². The molecule has 2 aliphatic heterocycles. The van der Waals surface area contributed by atoms with Crippen molar-refractivity contribution in [1.29, 1.82) is 0 Å². The number of nitrogens with zero attached hydrogens (tertiary/aromatic N) is 4. The van der Waals surface area contributed by atoms with Crippen LogP contribution in [-0.4, -0.2) is 58.6 Å². The standard InChI is InChI=1S/C28H28BN5O4/c1-35-26-13-25(34-10-2-9-32-34)21(17-3-8-20-23(30)14-31-33-24(20)11-17)12-22(26)29-37-27(18-4-5-18)15-36-16-28(27,38-29)19-6-7-19/h2-3,8-14,18-19H,4-7,15-16H2,1H3,(H2,30,33)/t27-,28?/m1/s1. The van der Waals surface area contributed by atoms with E-state index in [2.05, 4.69) is 27.4 Å². The molecule has 0 spiro atoms. The van der Waals surface area contributed by atoms with Gasteiger partial charge in [0.2, 0.25) is 0 Å². The first kappa shape index (κ1) is 22.5. The summed E-state index contributed by atoms with van der Waals surface area (Å²) in [5.41, 5.74) is 10.4. The molecular formula is C28H28BN5O4. The van der Waals surface area contributed by atoms with Gasteiger partial charge in [-0.2, -0.15) is 15.3 Å². The minimum atomic E-state index is -0.545. The maximum atomic E-state index is 6.95. The summed E-state index contributed by atoms with van der Waals surface area (Å²) in [5, 5.41) is 13.8. The number of fused-ring (bicyclic) bond motifs is 2. The molecule has 38 heavy (non-hydrogen) atoms. The maximum absolute atomic E-state index is 6.95. The van der Waals surface area contributed by atoms with Gasteiger partial charge in [-0.3, -0.25) is 0 Å². The number of aromatic nitrogens is 4. The summed E-state index contributed by atoms with van der Waals surface area (Å²) < 4.78 is 27.7. The van der Waals surface area contributed by atoms with E-state index in [-0.39, 0.29) is 11.2 Å². The molecule has 2 atom stereocenters. The van der Waals surface area contributed by atoms with Crippen LogP contribution in [0.4, 0.5) is 5.69 Å². The highest BCUT2D eigenvalue weighted by molar-refractivity contribution is 6.63. The normalized spacial score (nSPS) is 26.7. The Hall–Kier alpha value is -3.47. The second kappa shape index (κ2) is 8.02. The van der Waals surface area contributed by atoms with Crippen LogP contribution in [0.1, 0.15) is 25.7 Å². The molecule has 2 aromatic carbocycles. The summed E-state index contributed by atoms with van der Waals surface area (Å²) >= 11 is 0. The van der Waals surface area contributed by atoms with Crippen LogP contribution >= 0.6 is 0 Å². The zero-order valence-electron chi connectivity index (χ0n) is 21.2. The van der Waals surface area contributed by atoms with Gasteiger partial charge in [-0.15, -0.1) is 0 Å². The van der Waals surface area contributed by atoms with Crippen LogP contribution < -0.4 is 15.9 Å². The fourth-order valence-corrected chi connectivity index (χ4v) is 6.65. The summed E-state index contributed by atoms with van der Waals surface area (Å²) in [6.45, 7) is 1.19. The maximum Gasteiger partial charge on any atom is 0.498 e. The number of nitrogens with two attached hydrogens (primary N) is 1. The smallest absolute Gasteiger partial charge is 0.497 e. The van der Waals surface area contributed by atoms with E-state index in [1.54, 1.807) is 19.5 Å². The van der Waals surface area contributed by atoms with Crippen LogP contribution in [0.25, 0.3) is 27.7 Å². The van der Waals surface area contributed by atoms with Gasteiger partial charge in [0.15, 0.2) is 0 Å². The minimum Gasteiger partial charge on any atom is -0.497 e. The monoisotopic (exact) mass is 509 g/mol. The van der Waals surface area contributed by atoms with E-state index in [1.807, 2.05) is 35.1 Å². The van der Waals surface area contributed by atoms with Gasteiger partial charge in [-0.25, -0.2) is 4.68 Å². The van der Waals surface area contributed by atoms with E-state index in [0.29, 0.717) is 36.5 Å². The highest BCUT2D eigenvalue weighted by atomic mass is 16.7. The van der Waals surface area contributed by atoms with Crippen molar-refractivity contribution < 1.29 is 18.8 Å². The van der Waals surface area contributed by atoms with Crippen molar-refractivity contribution in [3.05, 3.63) is 55.0 Å². The van der Waals surface area contributed by atoms with Crippen LogP contribution in [0.15, 0.2) is 55.0 Å². The second-order valence-electron chi connectivity index (χ2n) is 11.0. The van der Waals surface area contributed by atoms with Crippen LogP contribution in [0.3, 0.4) is 0 Å². The van der Waals surface area contributed by atoms with Crippen molar-refractivity contribution in [3.8, 4) is 22.6 Å². The molecule has 2 saturated heterocycles. The van der Waals surface area contributed by atoms with Crippen LogP contribution in [-0.2, 0) is 14.0 Å². The summed E-state index contributed by atoms with van der Waals surface area (Å²) in [4.78, 5) is 0. The SMILES string of the molecule is COc1cc(-n2cccn2)c(-c2ccc3c(N)cnnc3c2)cc1B1OC2(C3CC3)COC[C@]2(C2CC2)O1. The Kier molecular flexibility index (Phi) is 4.75. The van der Waals surface area contributed by atoms with Gasteiger partial charge < -0.3 is 24.5 Å². The first-order valence-corrected chi connectivity index (χ1v) is 13.3. The Labute approximate surface area is 220 Å². The van der Waals surface area contributed by atoms with Crippen molar-refractivity contribution in [1.82, 2.24) is 20.0 Å². The lowest BCUT2D eigenvalue weighted by atomic mass is 9.76. The fraction of sp³-hybridized carbons (Fsp3) is 0.393. The largest absolute Gasteiger partial charge is 0.498 e. The van der Waals surface area contributed by atoms with Gasteiger partial charge in [0.25, 0.3) is 0 Å². The van der Waals surface area contributed by atoms with Crippen molar-refractivity contribution in [2.45, 2.75) is 36.9 Å². The highest BCUT2D eigenvalue weighted by Crippen LogP contribution is 2.62. The van der Waals surface area contributed by atoms with Gasteiger partial charge in [0.1, 0.15) is 17.0 Å². The molecule has 4 fully saturated rings. The zero-order chi connectivity index (χ0) is 25.5. The lowest BCUT2D eigenvalue weighted by molar-refractivity contribution is -0.0388. The lowest BCUT2D eigenvalue weighted by Gasteiger charge is -2.37. The van der Waals surface area contributed by atoms with Gasteiger partial charge in [0, 0.05) is 34.9 Å². The third-order valence-corrected chi connectivity index (χ3v) is 8.79. The molecule has 4 heterocycles. The Balaban J connectivity index is 1.29. The molecule has 2 saturated carbocycles. The minimum absolute atomic E-state index is 0.388. The third-order valence-electron chi connectivity index (χ3n) is 8.79. The molecule has 0 amide bonds. The van der Waals surface area contributed by atoms with Crippen molar-refractivity contribution in [2.24, 2.45) is 11.8 Å². The van der Waals surface area contributed by atoms with Crippen molar-refractivity contribution >= 4 is 29.2 Å². The molecule has 192 valence electrons. The second-order valence-corrected chi connectivity index (χ2v) is 11.0. The molecule has 4 aromatic rings. The molecule has 8 rings (SSSR count). The van der Waals surface area contributed by atoms with Crippen molar-refractivity contribution in [2.75, 3.05) is 26.1 Å². The Morgan fingerprint density at radius 3 is 2.47 bits per heavy atom. The number of benzene rings is 2. The summed E-state index contributed by atoms with van der Waals surface area (Å²) in [6.07, 6.45) is 9.91. The summed E-state index contributed by atoms with van der Waals surface area (Å²) in [6, 6.07) is 12.1. The average molecular weight is 509 g/mol. The van der Waals surface area contributed by atoms with E-state index in [0.717, 1.165) is 58.9 Å². The first-order chi connectivity index (χ1) is 18.6. The molecule has 2 aliphatic carbocycles. The zero-order valence-corrected chi connectivity index (χ0v) is 21.2. The summed E-state index contributed by atoms with van der Waals surface area (Å²) in [5.74, 6) is 1.66. The molecule has 9 nitrogen and oxygen atoms in total. The molecule has 0 radical (unpaired) electrons. The van der Waals surface area contributed by atoms with Crippen molar-refractivity contribution in [3.63, 3.8) is 0 Å². The number of anilines is 1. The molecule has 1 unspecified atom stereocenters. The van der Waals surface area contributed by atoms with Crippen LogP contribution in [0.5, 0.6) is 5.75 Å². The molecule has 2 aromatic heterocycles. The summed E-state index contributed by atoms with van der Waals surface area (Å²) in [7, 11) is 1.14. The molecule has 4 aliphatic rings. The highest BCUT2D eigenvalue weighted by Gasteiger charge is 2.74. The fourth-order valence-electron chi connectivity index (χ4n) is 6.65. The Bertz CT molecular complexity index is 1530. The number of nitrogen functional groups attached to an aromatic ring is 1. The van der Waals surface area contributed by atoms with E-state index in [9.17, 15) is 0 Å². The number of methoxy groups -OCH3 is 1. The molecular weight excluding hydrogens is 481 g/mol. The molecule has 10 heteroatoms. The van der Waals surface area contributed by atoms with E-state index >= 15 is 0 Å². The van der Waals surface area contributed by atoms with Crippen LogP contribution in [0.2, 0.25) is 0 Å². The third kappa shape index (κ3) is 3.14.